The third kappa shape index (κ3) is 3.78. The van der Waals surface area contributed by atoms with Crippen molar-refractivity contribution in [3.05, 3.63) is 46.2 Å². The number of halogens is 1. The molecule has 1 unspecified atom stereocenters. The van der Waals surface area contributed by atoms with Crippen molar-refractivity contribution >= 4 is 23.0 Å². The summed E-state index contributed by atoms with van der Waals surface area (Å²) in [5, 5.41) is 14.8. The van der Waals surface area contributed by atoms with Crippen molar-refractivity contribution in [3.63, 3.8) is 0 Å². The highest BCUT2D eigenvalue weighted by molar-refractivity contribution is 7.09. The number of thiazole rings is 1. The van der Waals surface area contributed by atoms with Gasteiger partial charge in [-0.3, -0.25) is 0 Å². The van der Waals surface area contributed by atoms with Crippen LogP contribution >= 0.6 is 11.3 Å². The summed E-state index contributed by atoms with van der Waals surface area (Å²) in [7, 11) is 0. The second-order valence-corrected chi connectivity index (χ2v) is 6.61. The molecule has 1 heterocycles. The number of nitrogens with one attached hydrogen (secondary N) is 1. The van der Waals surface area contributed by atoms with Crippen LogP contribution in [0.3, 0.4) is 0 Å². The molecule has 21 heavy (non-hydrogen) atoms. The van der Waals surface area contributed by atoms with Crippen molar-refractivity contribution < 1.29 is 14.3 Å². The van der Waals surface area contributed by atoms with Crippen molar-refractivity contribution in [1.82, 2.24) is 4.98 Å². The molecule has 0 spiro atoms. The van der Waals surface area contributed by atoms with Crippen LogP contribution in [0.5, 0.6) is 0 Å². The first-order chi connectivity index (χ1) is 9.77. The molecule has 0 aliphatic carbocycles. The van der Waals surface area contributed by atoms with Gasteiger partial charge in [-0.2, -0.15) is 0 Å². The van der Waals surface area contributed by atoms with E-state index < -0.39 is 17.8 Å². The molecule has 0 saturated heterocycles. The van der Waals surface area contributed by atoms with Crippen molar-refractivity contribution in [2.24, 2.45) is 0 Å². The normalized spacial score (nSPS) is 13.0. The molecular formula is C15H17FN2O2S. The number of nitrogens with zero attached hydrogens (tertiary/aromatic N) is 1. The van der Waals surface area contributed by atoms with Gasteiger partial charge < -0.3 is 10.4 Å². The number of carbonyl (C=O) groups is 1. The van der Waals surface area contributed by atoms with E-state index in [4.69, 9.17) is 0 Å². The van der Waals surface area contributed by atoms with Crippen LogP contribution in [0.25, 0.3) is 0 Å². The standard InChI is InChI=1S/C15H17FN2O2S/c1-15(2,3)14-18-11(8-21-14)12(13(19)20)17-10-6-4-5-9(16)7-10/h4-8,12,17H,1-3H3,(H,19,20). The molecule has 2 N–H and O–H groups in total. The Morgan fingerprint density at radius 1 is 1.43 bits per heavy atom. The summed E-state index contributed by atoms with van der Waals surface area (Å²) in [5.74, 6) is -1.47. The Morgan fingerprint density at radius 3 is 2.67 bits per heavy atom. The highest BCUT2D eigenvalue weighted by Gasteiger charge is 2.25. The number of carboxylic acid groups (broad SMARTS) is 1. The average Bonchev–Trinajstić information content (AvgIpc) is 2.84. The summed E-state index contributed by atoms with van der Waals surface area (Å²) >= 11 is 1.43. The minimum Gasteiger partial charge on any atom is -0.479 e. The molecule has 0 fully saturated rings. The molecule has 2 aromatic rings. The van der Waals surface area contributed by atoms with Crippen LogP contribution in [0.15, 0.2) is 29.6 Å². The number of anilines is 1. The van der Waals surface area contributed by atoms with Gasteiger partial charge in [0.05, 0.1) is 10.7 Å². The number of aromatic nitrogens is 1. The Hall–Kier alpha value is -1.95. The lowest BCUT2D eigenvalue weighted by atomic mass is 9.98. The first-order valence-electron chi connectivity index (χ1n) is 6.48. The molecule has 0 bridgehead atoms. The molecule has 2 rings (SSSR count). The summed E-state index contributed by atoms with van der Waals surface area (Å²) in [6, 6.07) is 4.71. The summed E-state index contributed by atoms with van der Waals surface area (Å²) in [5.41, 5.74) is 0.708. The largest absolute Gasteiger partial charge is 0.479 e. The quantitative estimate of drug-likeness (QED) is 0.901. The van der Waals surface area contributed by atoms with Crippen LogP contribution < -0.4 is 5.32 Å². The number of hydrogen-bond acceptors (Lipinski definition) is 4. The predicted octanol–water partition coefficient (Wildman–Crippen LogP) is 3.82. The predicted molar refractivity (Wildman–Crippen MR) is 81.2 cm³/mol. The first-order valence-corrected chi connectivity index (χ1v) is 7.36. The monoisotopic (exact) mass is 308 g/mol. The zero-order valence-corrected chi connectivity index (χ0v) is 12.9. The Bertz CT molecular complexity index is 649. The van der Waals surface area contributed by atoms with Crippen LogP contribution in [0, 0.1) is 5.82 Å². The zero-order chi connectivity index (χ0) is 15.6. The van der Waals surface area contributed by atoms with Gasteiger partial charge in [0, 0.05) is 16.5 Å². The molecule has 112 valence electrons. The van der Waals surface area contributed by atoms with Gasteiger partial charge in [-0.25, -0.2) is 14.2 Å². The molecule has 6 heteroatoms. The van der Waals surface area contributed by atoms with E-state index in [1.807, 2.05) is 20.8 Å². The summed E-state index contributed by atoms with van der Waals surface area (Å²) in [4.78, 5) is 15.9. The Balaban J connectivity index is 2.27. The van der Waals surface area contributed by atoms with Crippen LogP contribution in [-0.2, 0) is 10.2 Å². The van der Waals surface area contributed by atoms with Crippen molar-refractivity contribution in [1.29, 1.82) is 0 Å². The van der Waals surface area contributed by atoms with Gasteiger partial charge in [0.25, 0.3) is 0 Å². The maximum Gasteiger partial charge on any atom is 0.332 e. The fourth-order valence-corrected chi connectivity index (χ4v) is 2.70. The van der Waals surface area contributed by atoms with E-state index in [2.05, 4.69) is 10.3 Å². The van der Waals surface area contributed by atoms with E-state index in [0.717, 1.165) is 5.01 Å². The van der Waals surface area contributed by atoms with Crippen LogP contribution in [0.4, 0.5) is 10.1 Å². The molecule has 1 atom stereocenters. The number of hydrogen-bond donors (Lipinski definition) is 2. The van der Waals surface area contributed by atoms with Crippen molar-refractivity contribution in [2.45, 2.75) is 32.2 Å². The van der Waals surface area contributed by atoms with Gasteiger partial charge in [0.2, 0.25) is 0 Å². The fraction of sp³-hybridized carbons (Fsp3) is 0.333. The Morgan fingerprint density at radius 2 is 2.14 bits per heavy atom. The van der Waals surface area contributed by atoms with E-state index in [0.29, 0.717) is 11.4 Å². The SMILES string of the molecule is CC(C)(C)c1nc(C(Nc2cccc(F)c2)C(=O)O)cs1. The average molecular weight is 308 g/mol. The van der Waals surface area contributed by atoms with Gasteiger partial charge in [-0.15, -0.1) is 11.3 Å². The molecule has 1 aromatic carbocycles. The van der Waals surface area contributed by atoms with Gasteiger partial charge in [-0.1, -0.05) is 26.8 Å². The maximum atomic E-state index is 13.2. The molecule has 0 radical (unpaired) electrons. The van der Waals surface area contributed by atoms with Gasteiger partial charge >= 0.3 is 5.97 Å². The molecule has 0 amide bonds. The number of aliphatic carboxylic acids is 1. The van der Waals surface area contributed by atoms with Crippen molar-refractivity contribution in [2.75, 3.05) is 5.32 Å². The topological polar surface area (TPSA) is 62.2 Å². The number of carboxylic acids is 1. The van der Waals surface area contributed by atoms with E-state index in [1.54, 1.807) is 11.4 Å². The lowest BCUT2D eigenvalue weighted by Gasteiger charge is -2.16. The lowest BCUT2D eigenvalue weighted by molar-refractivity contribution is -0.138. The molecule has 0 aliphatic heterocycles. The summed E-state index contributed by atoms with van der Waals surface area (Å²) in [6.45, 7) is 6.06. The van der Waals surface area contributed by atoms with Gasteiger partial charge in [0.15, 0.2) is 6.04 Å². The smallest absolute Gasteiger partial charge is 0.332 e. The van der Waals surface area contributed by atoms with Crippen molar-refractivity contribution in [3.8, 4) is 0 Å². The highest BCUT2D eigenvalue weighted by atomic mass is 32.1. The second kappa shape index (κ2) is 5.81. The zero-order valence-electron chi connectivity index (χ0n) is 12.1. The molecule has 0 aliphatic rings. The lowest BCUT2D eigenvalue weighted by Crippen LogP contribution is -2.21. The third-order valence-corrected chi connectivity index (χ3v) is 4.13. The van der Waals surface area contributed by atoms with Gasteiger partial charge in [-0.05, 0) is 18.2 Å². The maximum absolute atomic E-state index is 13.2. The summed E-state index contributed by atoms with van der Waals surface area (Å²) < 4.78 is 13.2. The number of benzene rings is 1. The molecule has 0 saturated carbocycles. The number of rotatable bonds is 4. The molecule has 4 nitrogen and oxygen atoms in total. The minimum absolute atomic E-state index is 0.134. The first kappa shape index (κ1) is 15.4. The molecular weight excluding hydrogens is 291 g/mol. The molecule has 1 aromatic heterocycles. The van der Waals surface area contributed by atoms with E-state index >= 15 is 0 Å². The fourth-order valence-electron chi connectivity index (χ4n) is 1.77. The van der Waals surface area contributed by atoms with Crippen LogP contribution in [-0.4, -0.2) is 16.1 Å². The van der Waals surface area contributed by atoms with Gasteiger partial charge in [0.1, 0.15) is 5.82 Å². The van der Waals surface area contributed by atoms with E-state index in [1.165, 1.54) is 29.5 Å². The Kier molecular flexibility index (Phi) is 4.27. The summed E-state index contributed by atoms with van der Waals surface area (Å²) in [6.07, 6.45) is 0. The minimum atomic E-state index is -1.05. The van der Waals surface area contributed by atoms with E-state index in [9.17, 15) is 14.3 Å². The highest BCUT2D eigenvalue weighted by Crippen LogP contribution is 2.29. The van der Waals surface area contributed by atoms with Crippen LogP contribution in [0.2, 0.25) is 0 Å². The third-order valence-electron chi connectivity index (χ3n) is 2.84. The second-order valence-electron chi connectivity index (χ2n) is 5.75. The van der Waals surface area contributed by atoms with E-state index in [-0.39, 0.29) is 5.41 Å². The van der Waals surface area contributed by atoms with Crippen LogP contribution in [0.1, 0.15) is 37.5 Å². The Labute approximate surface area is 126 Å².